The number of nitrogens with two attached hydrogens (primary N) is 1. The highest BCUT2D eigenvalue weighted by Crippen LogP contribution is 2.53. The van der Waals surface area contributed by atoms with Gasteiger partial charge in [0, 0.05) is 35.9 Å². The van der Waals surface area contributed by atoms with E-state index >= 15 is 0 Å². The Kier molecular flexibility index (Phi) is 6.59. The van der Waals surface area contributed by atoms with Gasteiger partial charge in [-0.3, -0.25) is 29.1 Å². The number of likely N-dealkylation sites (N-methyl/N-ethyl adjacent to an activating group) is 1. The first-order valence-corrected chi connectivity index (χ1v) is 12.8. The molecule has 1 aromatic heterocycles. The first-order chi connectivity index (χ1) is 18.9. The van der Waals surface area contributed by atoms with Crippen molar-refractivity contribution >= 4 is 29.0 Å². The maximum atomic E-state index is 13.9. The van der Waals surface area contributed by atoms with Gasteiger partial charge in [0.25, 0.3) is 5.91 Å². The lowest BCUT2D eigenvalue weighted by atomic mass is 9.57. The summed E-state index contributed by atoms with van der Waals surface area (Å²) < 4.78 is 0. The summed E-state index contributed by atoms with van der Waals surface area (Å²) in [5, 5.41) is 44.6. The minimum Gasteiger partial charge on any atom is -0.508 e. The smallest absolute Gasteiger partial charge is 0.255 e. The molecule has 1 saturated carbocycles. The zero-order chi connectivity index (χ0) is 29.1. The van der Waals surface area contributed by atoms with Crippen molar-refractivity contribution in [2.24, 2.45) is 17.6 Å². The average molecular weight is 548 g/mol. The van der Waals surface area contributed by atoms with Crippen LogP contribution in [0.25, 0.3) is 5.76 Å². The fourth-order valence-electron chi connectivity index (χ4n) is 6.46. The monoisotopic (exact) mass is 547 g/mol. The van der Waals surface area contributed by atoms with E-state index in [1.165, 1.54) is 17.2 Å². The molecule has 1 fully saturated rings. The van der Waals surface area contributed by atoms with Crippen LogP contribution in [-0.4, -0.2) is 79.3 Å². The molecule has 3 aliphatic rings. The Morgan fingerprint density at radius 1 is 1.15 bits per heavy atom. The first kappa shape index (κ1) is 27.2. The zero-order valence-corrected chi connectivity index (χ0v) is 21.9. The summed E-state index contributed by atoms with van der Waals surface area (Å²) in [5.74, 6) is -7.12. The molecule has 0 bridgehead atoms. The van der Waals surface area contributed by atoms with E-state index in [-0.39, 0.29) is 48.4 Å². The number of aliphatic hydroxyl groups excluding tert-OH is 2. The van der Waals surface area contributed by atoms with Crippen LogP contribution in [0.2, 0.25) is 0 Å². The molecule has 208 valence electrons. The Labute approximate surface area is 229 Å². The summed E-state index contributed by atoms with van der Waals surface area (Å²) >= 11 is 0. The Bertz CT molecular complexity index is 1530. The predicted molar refractivity (Wildman–Crippen MR) is 141 cm³/mol. The molecule has 2 aromatic rings. The lowest BCUT2D eigenvalue weighted by molar-refractivity contribution is -0.153. The Morgan fingerprint density at radius 3 is 2.50 bits per heavy atom. The molecular weight excluding hydrogens is 518 g/mol. The van der Waals surface area contributed by atoms with E-state index in [0.717, 1.165) is 0 Å². The van der Waals surface area contributed by atoms with Crippen molar-refractivity contribution in [3.8, 4) is 5.75 Å². The molecule has 11 nitrogen and oxygen atoms in total. The number of fused-ring (bicyclic) bond motifs is 3. The van der Waals surface area contributed by atoms with Crippen molar-refractivity contribution in [1.82, 2.24) is 9.88 Å². The van der Waals surface area contributed by atoms with Crippen molar-refractivity contribution in [2.75, 3.05) is 14.1 Å². The molecule has 6 N–H and O–H groups in total. The molecule has 1 amide bonds. The van der Waals surface area contributed by atoms with Crippen LogP contribution in [0.15, 0.2) is 53.6 Å². The van der Waals surface area contributed by atoms with Crippen LogP contribution < -0.4 is 5.73 Å². The Morgan fingerprint density at radius 2 is 1.88 bits per heavy atom. The number of carbonyl (C=O) groups excluding carboxylic acids is 4. The molecule has 11 heteroatoms. The number of primary amides is 1. The van der Waals surface area contributed by atoms with Gasteiger partial charge < -0.3 is 26.2 Å². The van der Waals surface area contributed by atoms with E-state index in [9.17, 15) is 39.6 Å². The van der Waals surface area contributed by atoms with Gasteiger partial charge in [0.15, 0.2) is 17.2 Å². The van der Waals surface area contributed by atoms with Gasteiger partial charge in [-0.05, 0) is 68.6 Å². The SMILES string of the molecule is CN(C)[C@@H]1C(=O)C(C(N)=O)=C(O)[C@@]2(O)C(=O)C3=C(O)c4c(O)ccc(CCC(=O)c5cccnc5)c4C[C@H]3C[C@@H]12. The topological polar surface area (TPSA) is 191 Å². The van der Waals surface area contributed by atoms with Crippen molar-refractivity contribution < 1.29 is 39.6 Å². The minimum atomic E-state index is -2.69. The Balaban J connectivity index is 1.59. The van der Waals surface area contributed by atoms with Crippen LogP contribution in [-0.2, 0) is 27.2 Å². The van der Waals surface area contributed by atoms with E-state index in [2.05, 4.69) is 4.98 Å². The number of aromatic hydroxyl groups is 1. The number of phenols is 1. The van der Waals surface area contributed by atoms with E-state index in [1.54, 1.807) is 38.5 Å². The number of hydrogen-bond acceptors (Lipinski definition) is 10. The van der Waals surface area contributed by atoms with E-state index < -0.39 is 58.0 Å². The quantitative estimate of drug-likeness (QED) is 0.259. The van der Waals surface area contributed by atoms with Crippen molar-refractivity contribution in [3.63, 3.8) is 0 Å². The summed E-state index contributed by atoms with van der Waals surface area (Å²) in [6.45, 7) is 0. The molecular formula is C29H29N3O8. The lowest BCUT2D eigenvalue weighted by Crippen LogP contribution is -2.65. The molecule has 1 heterocycles. The van der Waals surface area contributed by atoms with Crippen molar-refractivity contribution in [2.45, 2.75) is 37.3 Å². The van der Waals surface area contributed by atoms with Gasteiger partial charge in [0.1, 0.15) is 22.8 Å². The third kappa shape index (κ3) is 3.92. The van der Waals surface area contributed by atoms with Crippen molar-refractivity contribution in [1.29, 1.82) is 0 Å². The third-order valence-electron chi connectivity index (χ3n) is 8.31. The minimum absolute atomic E-state index is 0.00242. The average Bonchev–Trinajstić information content (AvgIpc) is 2.90. The van der Waals surface area contributed by atoms with Crippen LogP contribution in [0.4, 0.5) is 0 Å². The maximum absolute atomic E-state index is 13.9. The van der Waals surface area contributed by atoms with Crippen LogP contribution in [0.1, 0.15) is 39.9 Å². The summed E-state index contributed by atoms with van der Waals surface area (Å²) in [4.78, 5) is 57.3. The number of aryl methyl sites for hydroxylation is 1. The largest absolute Gasteiger partial charge is 0.508 e. The van der Waals surface area contributed by atoms with Crippen LogP contribution in [0.3, 0.4) is 0 Å². The van der Waals surface area contributed by atoms with Crippen LogP contribution in [0.5, 0.6) is 5.75 Å². The number of aromatic nitrogens is 1. The number of Topliss-reactive ketones (excluding diaryl/α,β-unsaturated/α-hetero) is 3. The molecule has 1 aromatic carbocycles. The summed E-state index contributed by atoms with van der Waals surface area (Å²) in [5.41, 5.74) is 3.27. The number of phenolic OH excluding ortho intramolecular Hbond substituents is 1. The van der Waals surface area contributed by atoms with Gasteiger partial charge in [-0.15, -0.1) is 0 Å². The van der Waals surface area contributed by atoms with E-state index in [0.29, 0.717) is 16.7 Å². The Hall–Kier alpha value is -4.35. The van der Waals surface area contributed by atoms with Crippen LogP contribution in [0, 0.1) is 11.8 Å². The molecule has 3 aliphatic carbocycles. The number of rotatable bonds is 6. The molecule has 40 heavy (non-hydrogen) atoms. The number of hydrogen-bond donors (Lipinski definition) is 5. The molecule has 0 spiro atoms. The number of benzene rings is 1. The van der Waals surface area contributed by atoms with E-state index in [1.807, 2.05) is 0 Å². The van der Waals surface area contributed by atoms with Crippen LogP contribution >= 0.6 is 0 Å². The number of nitrogens with zero attached hydrogens (tertiary/aromatic N) is 2. The number of ketones is 3. The summed E-state index contributed by atoms with van der Waals surface area (Å²) in [7, 11) is 3.09. The molecule has 0 unspecified atom stereocenters. The standard InChI is InChI=1S/C29H29N3O8/c1-32(2)23-17-11-15-10-16-13(5-7-18(33)14-4-3-9-31-12-14)6-8-19(34)21(16)24(35)20(15)26(37)29(17,40)27(38)22(25(23)36)28(30)39/h3-4,6,8-9,12,15,17,23,34-35,38,40H,5,7,10-11H2,1-2H3,(H2,30,39)/t15-,17-,23-,29-/m0/s1. The lowest BCUT2D eigenvalue weighted by Gasteiger charge is -2.50. The summed E-state index contributed by atoms with van der Waals surface area (Å²) in [6, 6.07) is 5.19. The highest BCUT2D eigenvalue weighted by Gasteiger charge is 2.64. The van der Waals surface area contributed by atoms with E-state index in [4.69, 9.17) is 5.73 Å². The predicted octanol–water partition coefficient (Wildman–Crippen LogP) is 1.17. The second-order valence-corrected chi connectivity index (χ2v) is 10.7. The number of pyridine rings is 1. The number of carbonyl (C=O) groups is 4. The van der Waals surface area contributed by atoms with Gasteiger partial charge in [0.2, 0.25) is 5.78 Å². The highest BCUT2D eigenvalue weighted by molar-refractivity contribution is 6.24. The van der Waals surface area contributed by atoms with Gasteiger partial charge in [-0.1, -0.05) is 6.07 Å². The second kappa shape index (κ2) is 9.68. The second-order valence-electron chi connectivity index (χ2n) is 10.7. The fourth-order valence-corrected chi connectivity index (χ4v) is 6.46. The number of amides is 1. The third-order valence-corrected chi connectivity index (χ3v) is 8.31. The molecule has 4 atom stereocenters. The first-order valence-electron chi connectivity index (χ1n) is 12.8. The summed E-state index contributed by atoms with van der Waals surface area (Å²) in [6.07, 6.45) is 3.63. The fraction of sp³-hybridized carbons (Fsp3) is 0.345. The number of aliphatic hydroxyl groups is 3. The zero-order valence-electron chi connectivity index (χ0n) is 21.9. The van der Waals surface area contributed by atoms with Gasteiger partial charge in [-0.2, -0.15) is 0 Å². The normalized spacial score (nSPS) is 25.9. The molecule has 0 radical (unpaired) electrons. The molecule has 0 aliphatic heterocycles. The molecule has 0 saturated heterocycles. The van der Waals surface area contributed by atoms with Gasteiger partial charge >= 0.3 is 0 Å². The van der Waals surface area contributed by atoms with Gasteiger partial charge in [0.05, 0.1) is 11.6 Å². The van der Waals surface area contributed by atoms with Gasteiger partial charge in [-0.25, -0.2) is 0 Å². The maximum Gasteiger partial charge on any atom is 0.255 e. The molecule has 5 rings (SSSR count). The highest BCUT2D eigenvalue weighted by atomic mass is 16.3. The van der Waals surface area contributed by atoms with Crippen molar-refractivity contribution in [3.05, 3.63) is 75.8 Å².